The van der Waals surface area contributed by atoms with Crippen LogP contribution in [0, 0.1) is 18.6 Å². The summed E-state index contributed by atoms with van der Waals surface area (Å²) in [5.41, 5.74) is 1.07. The van der Waals surface area contributed by atoms with E-state index in [1.54, 1.807) is 6.07 Å². The molecule has 1 aromatic carbocycles. The predicted octanol–water partition coefficient (Wildman–Crippen LogP) is 2.68. The summed E-state index contributed by atoms with van der Waals surface area (Å²) in [4.78, 5) is 7.91. The van der Waals surface area contributed by atoms with Gasteiger partial charge in [-0.2, -0.15) is 0 Å². The lowest BCUT2D eigenvalue weighted by Gasteiger charge is -2.06. The summed E-state index contributed by atoms with van der Waals surface area (Å²) < 4.78 is 26.2. The maximum atomic E-state index is 13.3. The minimum absolute atomic E-state index is 0.181. The van der Waals surface area contributed by atoms with Crippen LogP contribution in [0.25, 0.3) is 0 Å². The number of benzene rings is 1. The number of halogens is 2. The van der Waals surface area contributed by atoms with Crippen LogP contribution in [0.2, 0.25) is 0 Å². The number of aromatic nitrogens is 2. The lowest BCUT2D eigenvalue weighted by molar-refractivity contribution is 0.587. The third kappa shape index (κ3) is 2.96. The number of hydrogen-bond donors (Lipinski definition) is 1. The molecule has 0 radical (unpaired) electrons. The molecular formula is C12H11F2N3. The van der Waals surface area contributed by atoms with Gasteiger partial charge in [0.25, 0.3) is 0 Å². The average Bonchev–Trinajstić information content (AvgIpc) is 2.30. The Hall–Kier alpha value is -2.04. The molecule has 88 valence electrons. The van der Waals surface area contributed by atoms with Crippen LogP contribution in [-0.2, 0) is 6.54 Å². The maximum Gasteiger partial charge on any atom is 0.129 e. The summed E-state index contributed by atoms with van der Waals surface area (Å²) in [6, 6.07) is 5.10. The van der Waals surface area contributed by atoms with Gasteiger partial charge in [-0.1, -0.05) is 0 Å². The molecule has 1 heterocycles. The highest BCUT2D eigenvalue weighted by Gasteiger charge is 2.04. The first-order chi connectivity index (χ1) is 8.15. The Labute approximate surface area is 97.5 Å². The van der Waals surface area contributed by atoms with E-state index in [2.05, 4.69) is 15.3 Å². The van der Waals surface area contributed by atoms with E-state index < -0.39 is 11.6 Å². The molecule has 0 aliphatic heterocycles. The molecule has 0 aliphatic carbocycles. The zero-order chi connectivity index (χ0) is 12.3. The smallest absolute Gasteiger partial charge is 0.129 e. The van der Waals surface area contributed by atoms with Crippen molar-refractivity contribution in [2.45, 2.75) is 13.5 Å². The van der Waals surface area contributed by atoms with E-state index >= 15 is 0 Å². The molecule has 1 N–H and O–H groups in total. The fourth-order valence-corrected chi connectivity index (χ4v) is 1.42. The number of aryl methyl sites for hydroxylation is 1. The van der Waals surface area contributed by atoms with Gasteiger partial charge < -0.3 is 5.32 Å². The van der Waals surface area contributed by atoms with Gasteiger partial charge in [0.2, 0.25) is 0 Å². The molecule has 0 fully saturated rings. The van der Waals surface area contributed by atoms with Gasteiger partial charge in [0.05, 0.1) is 0 Å². The Morgan fingerprint density at radius 3 is 2.76 bits per heavy atom. The van der Waals surface area contributed by atoms with Gasteiger partial charge >= 0.3 is 0 Å². The molecule has 0 amide bonds. The molecule has 0 bridgehead atoms. The van der Waals surface area contributed by atoms with Crippen LogP contribution in [0.5, 0.6) is 0 Å². The minimum Gasteiger partial charge on any atom is -0.366 e. The summed E-state index contributed by atoms with van der Waals surface area (Å²) in [5, 5.41) is 2.91. The number of rotatable bonds is 3. The van der Waals surface area contributed by atoms with Crippen LogP contribution < -0.4 is 5.32 Å². The number of hydrogen-bond acceptors (Lipinski definition) is 3. The van der Waals surface area contributed by atoms with E-state index in [-0.39, 0.29) is 12.1 Å². The van der Waals surface area contributed by atoms with Gasteiger partial charge in [-0.25, -0.2) is 18.7 Å². The highest BCUT2D eigenvalue weighted by molar-refractivity contribution is 5.36. The van der Waals surface area contributed by atoms with Crippen LogP contribution in [0.3, 0.4) is 0 Å². The Morgan fingerprint density at radius 1 is 1.18 bits per heavy atom. The van der Waals surface area contributed by atoms with Gasteiger partial charge in [-0.3, -0.25) is 0 Å². The second-order valence-corrected chi connectivity index (χ2v) is 3.63. The van der Waals surface area contributed by atoms with Gasteiger partial charge in [-0.05, 0) is 25.1 Å². The van der Waals surface area contributed by atoms with Crippen molar-refractivity contribution in [2.24, 2.45) is 0 Å². The molecule has 2 aromatic rings. The molecule has 1 aromatic heterocycles. The van der Waals surface area contributed by atoms with Crippen molar-refractivity contribution < 1.29 is 8.78 Å². The molecular weight excluding hydrogens is 224 g/mol. The highest BCUT2D eigenvalue weighted by Crippen LogP contribution is 2.12. The minimum atomic E-state index is -0.456. The molecule has 0 aliphatic rings. The summed E-state index contributed by atoms with van der Waals surface area (Å²) in [6.07, 6.45) is 1.42. The Balaban J connectivity index is 2.09. The fourth-order valence-electron chi connectivity index (χ4n) is 1.42. The quantitative estimate of drug-likeness (QED) is 0.888. The Morgan fingerprint density at radius 2 is 2.00 bits per heavy atom. The fraction of sp³-hybridized carbons (Fsp3) is 0.167. The zero-order valence-corrected chi connectivity index (χ0v) is 9.24. The summed E-state index contributed by atoms with van der Waals surface area (Å²) in [7, 11) is 0. The summed E-state index contributed by atoms with van der Waals surface area (Å²) in [6.45, 7) is 2.01. The number of nitrogens with zero attached hydrogens (tertiary/aromatic N) is 2. The number of anilines is 1. The Bertz CT molecular complexity index is 529. The molecule has 0 unspecified atom stereocenters. The Kier molecular flexibility index (Phi) is 3.27. The first kappa shape index (κ1) is 11.4. The second kappa shape index (κ2) is 4.86. The molecule has 17 heavy (non-hydrogen) atoms. The normalized spacial score (nSPS) is 10.3. The van der Waals surface area contributed by atoms with E-state index in [1.807, 2.05) is 6.92 Å². The molecule has 3 nitrogen and oxygen atoms in total. The predicted molar refractivity (Wildman–Crippen MR) is 60.5 cm³/mol. The average molecular weight is 235 g/mol. The van der Waals surface area contributed by atoms with Crippen LogP contribution in [0.1, 0.15) is 11.3 Å². The van der Waals surface area contributed by atoms with Crippen LogP contribution >= 0.6 is 0 Å². The summed E-state index contributed by atoms with van der Waals surface area (Å²) in [5.74, 6) is -0.312. The number of nitrogens with one attached hydrogen (secondary N) is 1. The van der Waals surface area contributed by atoms with Crippen molar-refractivity contribution in [1.82, 2.24) is 9.97 Å². The van der Waals surface area contributed by atoms with Gasteiger partial charge in [0, 0.05) is 23.9 Å². The van der Waals surface area contributed by atoms with Gasteiger partial charge in [-0.15, -0.1) is 0 Å². The van der Waals surface area contributed by atoms with Crippen LogP contribution in [0.15, 0.2) is 30.6 Å². The van der Waals surface area contributed by atoms with E-state index in [1.165, 1.54) is 6.33 Å². The first-order valence-corrected chi connectivity index (χ1v) is 5.11. The SMILES string of the molecule is Cc1cc(NCc2cc(F)ccc2F)ncn1. The van der Waals surface area contributed by atoms with Crippen molar-refractivity contribution in [1.29, 1.82) is 0 Å². The van der Waals surface area contributed by atoms with Gasteiger partial charge in [0.1, 0.15) is 23.8 Å². The van der Waals surface area contributed by atoms with Crippen molar-refractivity contribution >= 4 is 5.82 Å². The molecule has 0 spiro atoms. The maximum absolute atomic E-state index is 13.3. The monoisotopic (exact) mass is 235 g/mol. The third-order valence-electron chi connectivity index (χ3n) is 2.27. The zero-order valence-electron chi connectivity index (χ0n) is 9.24. The lowest BCUT2D eigenvalue weighted by atomic mass is 10.2. The van der Waals surface area contributed by atoms with Crippen LogP contribution in [-0.4, -0.2) is 9.97 Å². The first-order valence-electron chi connectivity index (χ1n) is 5.11. The molecule has 0 atom stereocenters. The van der Waals surface area contributed by atoms with E-state index in [0.717, 1.165) is 23.9 Å². The largest absolute Gasteiger partial charge is 0.366 e. The van der Waals surface area contributed by atoms with Crippen molar-refractivity contribution in [3.63, 3.8) is 0 Å². The topological polar surface area (TPSA) is 37.8 Å². The summed E-state index contributed by atoms with van der Waals surface area (Å²) >= 11 is 0. The second-order valence-electron chi connectivity index (χ2n) is 3.63. The van der Waals surface area contributed by atoms with E-state index in [0.29, 0.717) is 5.82 Å². The van der Waals surface area contributed by atoms with Crippen LogP contribution in [0.4, 0.5) is 14.6 Å². The molecule has 0 saturated carbocycles. The molecule has 2 rings (SSSR count). The highest BCUT2D eigenvalue weighted by atomic mass is 19.1. The van der Waals surface area contributed by atoms with Gasteiger partial charge in [0.15, 0.2) is 0 Å². The standard InChI is InChI=1S/C12H11F2N3/c1-8-4-12(17-7-16-8)15-6-9-5-10(13)2-3-11(9)14/h2-5,7H,6H2,1H3,(H,15,16,17). The molecule has 5 heteroatoms. The third-order valence-corrected chi connectivity index (χ3v) is 2.27. The van der Waals surface area contributed by atoms with Crippen molar-refractivity contribution in [3.8, 4) is 0 Å². The lowest BCUT2D eigenvalue weighted by Crippen LogP contribution is -2.04. The van der Waals surface area contributed by atoms with Crippen molar-refractivity contribution in [3.05, 3.63) is 53.5 Å². The molecule has 0 saturated heterocycles. The van der Waals surface area contributed by atoms with E-state index in [4.69, 9.17) is 0 Å². The van der Waals surface area contributed by atoms with Crippen molar-refractivity contribution in [2.75, 3.05) is 5.32 Å². The van der Waals surface area contributed by atoms with E-state index in [9.17, 15) is 8.78 Å².